The number of nitrogens with one attached hydrogen (secondary N) is 1. The summed E-state index contributed by atoms with van der Waals surface area (Å²) in [6.07, 6.45) is 5.73. The molecule has 1 atom stereocenters. The molecule has 1 aromatic rings. The Labute approximate surface area is 140 Å². The largest absolute Gasteiger partial charge is 0.504 e. The average molecular weight is 335 g/mol. The highest BCUT2D eigenvalue weighted by molar-refractivity contribution is 8.15. The Morgan fingerprint density at radius 2 is 2.26 bits per heavy atom. The first-order valence-electron chi connectivity index (χ1n) is 7.59. The van der Waals surface area contributed by atoms with Crippen LogP contribution < -0.4 is 10.1 Å². The zero-order valence-corrected chi connectivity index (χ0v) is 14.1. The standard InChI is InChI=1S/C16H21N3O3S/c1-3-4-5-6-14-15(21)18-16(23-14)19-17-10-11-7-8-12(20)13(9-11)22-2/h7-10,14,20H,3-6H2,1-2H3,(H,18,19,21)/b17-10+. The molecule has 1 aromatic carbocycles. The number of ether oxygens (including phenoxy) is 1. The molecule has 2 rings (SSSR count). The van der Waals surface area contributed by atoms with Crippen molar-refractivity contribution >= 4 is 29.1 Å². The highest BCUT2D eigenvalue weighted by atomic mass is 32.2. The van der Waals surface area contributed by atoms with Crippen LogP contribution in [-0.4, -0.2) is 34.8 Å². The number of methoxy groups -OCH3 is 1. The predicted octanol–water partition coefficient (Wildman–Crippen LogP) is 2.90. The van der Waals surface area contributed by atoms with Crippen molar-refractivity contribution in [2.75, 3.05) is 7.11 Å². The number of phenols is 1. The third-order valence-corrected chi connectivity index (χ3v) is 4.55. The Kier molecular flexibility index (Phi) is 6.46. The van der Waals surface area contributed by atoms with Gasteiger partial charge in [-0.05, 0) is 30.2 Å². The molecule has 124 valence electrons. The van der Waals surface area contributed by atoms with Crippen molar-refractivity contribution in [3.63, 3.8) is 0 Å². The molecule has 0 aromatic heterocycles. The van der Waals surface area contributed by atoms with Crippen molar-refractivity contribution in [1.82, 2.24) is 5.32 Å². The molecule has 0 radical (unpaired) electrons. The van der Waals surface area contributed by atoms with E-state index >= 15 is 0 Å². The quantitative estimate of drug-likeness (QED) is 0.456. The van der Waals surface area contributed by atoms with Crippen LogP contribution in [0.1, 0.15) is 38.2 Å². The number of phenolic OH excluding ortho intramolecular Hbond substituents is 1. The Bertz CT molecular complexity index is 617. The number of hydrogen-bond donors (Lipinski definition) is 2. The van der Waals surface area contributed by atoms with E-state index in [2.05, 4.69) is 22.4 Å². The second-order valence-electron chi connectivity index (χ2n) is 5.17. The second kappa shape index (κ2) is 8.57. The number of carbonyl (C=O) groups excluding carboxylic acids is 1. The molecule has 1 amide bonds. The van der Waals surface area contributed by atoms with Gasteiger partial charge in [-0.3, -0.25) is 4.79 Å². The lowest BCUT2D eigenvalue weighted by atomic mass is 10.1. The van der Waals surface area contributed by atoms with Crippen molar-refractivity contribution in [1.29, 1.82) is 0 Å². The number of rotatable bonds is 7. The lowest BCUT2D eigenvalue weighted by Gasteiger charge is -2.03. The number of benzene rings is 1. The molecule has 1 unspecified atom stereocenters. The van der Waals surface area contributed by atoms with Crippen LogP contribution in [0.15, 0.2) is 28.4 Å². The summed E-state index contributed by atoms with van der Waals surface area (Å²) in [6, 6.07) is 4.89. The molecular weight excluding hydrogens is 314 g/mol. The first kappa shape index (κ1) is 17.3. The van der Waals surface area contributed by atoms with Crippen LogP contribution in [-0.2, 0) is 4.79 Å². The van der Waals surface area contributed by atoms with E-state index < -0.39 is 0 Å². The molecule has 0 aliphatic carbocycles. The zero-order valence-electron chi connectivity index (χ0n) is 13.3. The van der Waals surface area contributed by atoms with Gasteiger partial charge < -0.3 is 15.2 Å². The van der Waals surface area contributed by atoms with Gasteiger partial charge in [-0.15, -0.1) is 5.10 Å². The molecule has 0 saturated carbocycles. The van der Waals surface area contributed by atoms with Crippen molar-refractivity contribution in [2.24, 2.45) is 10.2 Å². The SMILES string of the molecule is CCCCCC1S/C(=N\N=C\c2ccc(O)c(OC)c2)NC1=O. The first-order chi connectivity index (χ1) is 11.1. The molecule has 0 spiro atoms. The number of amidine groups is 1. The first-order valence-corrected chi connectivity index (χ1v) is 8.47. The Hall–Kier alpha value is -2.02. The number of nitrogens with zero attached hydrogens (tertiary/aromatic N) is 2. The van der Waals surface area contributed by atoms with Crippen LogP contribution >= 0.6 is 11.8 Å². The summed E-state index contributed by atoms with van der Waals surface area (Å²) in [5.74, 6) is 0.456. The van der Waals surface area contributed by atoms with E-state index in [1.807, 2.05) is 0 Å². The summed E-state index contributed by atoms with van der Waals surface area (Å²) in [5.41, 5.74) is 0.748. The molecule has 6 nitrogen and oxygen atoms in total. The van der Waals surface area contributed by atoms with E-state index in [0.717, 1.165) is 31.2 Å². The summed E-state index contributed by atoms with van der Waals surface area (Å²) < 4.78 is 5.03. The van der Waals surface area contributed by atoms with Crippen molar-refractivity contribution < 1.29 is 14.6 Å². The molecule has 1 saturated heterocycles. The number of carbonyl (C=O) groups is 1. The average Bonchev–Trinajstić information content (AvgIpc) is 2.89. The van der Waals surface area contributed by atoms with E-state index in [1.54, 1.807) is 18.3 Å². The number of hydrogen-bond acceptors (Lipinski definition) is 6. The fraction of sp³-hybridized carbons (Fsp3) is 0.438. The number of unbranched alkanes of at least 4 members (excludes halogenated alkanes) is 2. The van der Waals surface area contributed by atoms with Gasteiger partial charge in [-0.1, -0.05) is 37.9 Å². The monoisotopic (exact) mass is 335 g/mol. The number of amides is 1. The fourth-order valence-electron chi connectivity index (χ4n) is 2.14. The minimum absolute atomic E-state index is 0.00588. The van der Waals surface area contributed by atoms with Crippen LogP contribution in [0.25, 0.3) is 0 Å². The third-order valence-electron chi connectivity index (χ3n) is 3.41. The van der Waals surface area contributed by atoms with E-state index in [0.29, 0.717) is 10.9 Å². The van der Waals surface area contributed by atoms with Gasteiger partial charge in [0.15, 0.2) is 16.7 Å². The van der Waals surface area contributed by atoms with Gasteiger partial charge in [0.2, 0.25) is 5.91 Å². The maximum atomic E-state index is 11.8. The summed E-state index contributed by atoms with van der Waals surface area (Å²) in [5, 5.41) is 20.8. The minimum atomic E-state index is -0.0655. The summed E-state index contributed by atoms with van der Waals surface area (Å²) in [7, 11) is 1.49. The minimum Gasteiger partial charge on any atom is -0.504 e. The van der Waals surface area contributed by atoms with Crippen LogP contribution in [0.4, 0.5) is 0 Å². The van der Waals surface area contributed by atoms with Crippen molar-refractivity contribution in [2.45, 2.75) is 37.9 Å². The summed E-state index contributed by atoms with van der Waals surface area (Å²) >= 11 is 1.43. The smallest absolute Gasteiger partial charge is 0.239 e. The summed E-state index contributed by atoms with van der Waals surface area (Å²) in [4.78, 5) is 11.8. The van der Waals surface area contributed by atoms with Gasteiger partial charge in [0.25, 0.3) is 0 Å². The maximum Gasteiger partial charge on any atom is 0.239 e. The van der Waals surface area contributed by atoms with Gasteiger partial charge in [-0.25, -0.2) is 0 Å². The maximum absolute atomic E-state index is 11.8. The predicted molar refractivity (Wildman–Crippen MR) is 93.4 cm³/mol. The normalized spacial score (nSPS) is 19.5. The van der Waals surface area contributed by atoms with E-state index in [1.165, 1.54) is 24.9 Å². The van der Waals surface area contributed by atoms with Crippen LogP contribution in [0, 0.1) is 0 Å². The molecule has 0 bridgehead atoms. The number of thioether (sulfide) groups is 1. The summed E-state index contributed by atoms with van der Waals surface area (Å²) in [6.45, 7) is 2.14. The topological polar surface area (TPSA) is 83.3 Å². The molecule has 1 aliphatic heterocycles. The van der Waals surface area contributed by atoms with E-state index in [-0.39, 0.29) is 16.9 Å². The highest BCUT2D eigenvalue weighted by Crippen LogP contribution is 2.26. The lowest BCUT2D eigenvalue weighted by molar-refractivity contribution is -0.118. The third kappa shape index (κ3) is 4.99. The van der Waals surface area contributed by atoms with Crippen LogP contribution in [0.2, 0.25) is 0 Å². The van der Waals surface area contributed by atoms with Crippen LogP contribution in [0.5, 0.6) is 11.5 Å². The van der Waals surface area contributed by atoms with Gasteiger partial charge in [0, 0.05) is 0 Å². The Balaban J connectivity index is 1.94. The Morgan fingerprint density at radius 1 is 1.43 bits per heavy atom. The van der Waals surface area contributed by atoms with Gasteiger partial charge in [0.05, 0.1) is 18.6 Å². The molecule has 1 fully saturated rings. The van der Waals surface area contributed by atoms with Gasteiger partial charge in [-0.2, -0.15) is 5.10 Å². The molecule has 23 heavy (non-hydrogen) atoms. The van der Waals surface area contributed by atoms with Crippen molar-refractivity contribution in [3.8, 4) is 11.5 Å². The molecule has 7 heteroatoms. The van der Waals surface area contributed by atoms with Crippen molar-refractivity contribution in [3.05, 3.63) is 23.8 Å². The Morgan fingerprint density at radius 3 is 3.00 bits per heavy atom. The zero-order chi connectivity index (χ0) is 16.7. The van der Waals surface area contributed by atoms with E-state index in [4.69, 9.17) is 4.74 Å². The highest BCUT2D eigenvalue weighted by Gasteiger charge is 2.29. The molecule has 1 heterocycles. The molecule has 2 N–H and O–H groups in total. The lowest BCUT2D eigenvalue weighted by Crippen LogP contribution is -2.24. The van der Waals surface area contributed by atoms with Crippen LogP contribution in [0.3, 0.4) is 0 Å². The second-order valence-corrected chi connectivity index (χ2v) is 6.36. The number of aromatic hydroxyl groups is 1. The fourth-order valence-corrected chi connectivity index (χ4v) is 3.12. The van der Waals surface area contributed by atoms with Gasteiger partial charge >= 0.3 is 0 Å². The van der Waals surface area contributed by atoms with Gasteiger partial charge in [0.1, 0.15) is 0 Å². The van der Waals surface area contributed by atoms with E-state index in [9.17, 15) is 9.90 Å². The molecular formula is C16H21N3O3S. The molecule has 1 aliphatic rings.